The van der Waals surface area contributed by atoms with Crippen molar-refractivity contribution in [2.75, 3.05) is 24.2 Å². The van der Waals surface area contributed by atoms with Crippen LogP contribution in [0.4, 0.5) is 20.3 Å². The predicted molar refractivity (Wildman–Crippen MR) is 52.7 cm³/mol. The fourth-order valence-electron chi connectivity index (χ4n) is 1.20. The normalized spacial score (nSPS) is 10.6. The fraction of sp³-hybridized carbons (Fsp3) is 0.444. The van der Waals surface area contributed by atoms with Crippen molar-refractivity contribution in [3.05, 3.63) is 17.8 Å². The number of pyridine rings is 1. The maximum absolute atomic E-state index is 12.1. The Balaban J connectivity index is 2.84. The molecule has 1 aromatic heterocycles. The molecule has 78 valence electrons. The first-order valence-electron chi connectivity index (χ1n) is 4.22. The summed E-state index contributed by atoms with van der Waals surface area (Å²) in [4.78, 5) is 5.35. The molecule has 0 bridgehead atoms. The molecule has 0 atom stereocenters. The number of anilines is 2. The SMILES string of the molecule is Cc1cnc(N(C)CC(F)F)c(N)c1. The van der Waals surface area contributed by atoms with Gasteiger partial charge in [0.1, 0.15) is 0 Å². The number of hydrogen-bond acceptors (Lipinski definition) is 3. The zero-order chi connectivity index (χ0) is 10.7. The largest absolute Gasteiger partial charge is 0.396 e. The summed E-state index contributed by atoms with van der Waals surface area (Å²) in [6, 6.07) is 1.71. The lowest BCUT2D eigenvalue weighted by Gasteiger charge is -2.19. The molecule has 0 aliphatic rings. The van der Waals surface area contributed by atoms with E-state index in [1.54, 1.807) is 19.3 Å². The minimum Gasteiger partial charge on any atom is -0.396 e. The van der Waals surface area contributed by atoms with E-state index >= 15 is 0 Å². The Morgan fingerprint density at radius 3 is 2.71 bits per heavy atom. The number of nitrogens with zero attached hydrogens (tertiary/aromatic N) is 2. The van der Waals surface area contributed by atoms with E-state index in [1.807, 2.05) is 6.92 Å². The van der Waals surface area contributed by atoms with E-state index in [0.29, 0.717) is 11.5 Å². The molecule has 0 aliphatic carbocycles. The number of nitrogens with two attached hydrogens (primary N) is 1. The molecule has 0 aliphatic heterocycles. The fourth-order valence-corrected chi connectivity index (χ4v) is 1.20. The van der Waals surface area contributed by atoms with Crippen LogP contribution >= 0.6 is 0 Å². The van der Waals surface area contributed by atoms with Crippen LogP contribution in [-0.4, -0.2) is 25.0 Å². The Kier molecular flexibility index (Phi) is 3.22. The summed E-state index contributed by atoms with van der Waals surface area (Å²) >= 11 is 0. The lowest BCUT2D eigenvalue weighted by Crippen LogP contribution is -2.25. The summed E-state index contributed by atoms with van der Waals surface area (Å²) in [5, 5.41) is 0. The van der Waals surface area contributed by atoms with Crippen LogP contribution in [0, 0.1) is 6.92 Å². The molecule has 14 heavy (non-hydrogen) atoms. The molecule has 0 saturated heterocycles. The van der Waals surface area contributed by atoms with E-state index in [-0.39, 0.29) is 6.54 Å². The van der Waals surface area contributed by atoms with Crippen molar-refractivity contribution in [1.82, 2.24) is 4.98 Å². The number of aromatic nitrogens is 1. The van der Waals surface area contributed by atoms with Crippen molar-refractivity contribution < 1.29 is 8.78 Å². The Hall–Kier alpha value is -1.39. The van der Waals surface area contributed by atoms with E-state index in [4.69, 9.17) is 5.73 Å². The average Bonchev–Trinajstić information content (AvgIpc) is 2.01. The van der Waals surface area contributed by atoms with Crippen molar-refractivity contribution in [2.45, 2.75) is 13.3 Å². The number of aryl methyl sites for hydroxylation is 1. The van der Waals surface area contributed by atoms with Crippen molar-refractivity contribution in [3.63, 3.8) is 0 Å². The molecule has 3 nitrogen and oxygen atoms in total. The van der Waals surface area contributed by atoms with Crippen LogP contribution in [0.25, 0.3) is 0 Å². The highest BCUT2D eigenvalue weighted by Crippen LogP contribution is 2.20. The lowest BCUT2D eigenvalue weighted by molar-refractivity contribution is 0.156. The van der Waals surface area contributed by atoms with Gasteiger partial charge < -0.3 is 10.6 Å². The molecule has 2 N–H and O–H groups in total. The van der Waals surface area contributed by atoms with Crippen molar-refractivity contribution in [1.29, 1.82) is 0 Å². The summed E-state index contributed by atoms with van der Waals surface area (Å²) in [6.45, 7) is 1.49. The van der Waals surface area contributed by atoms with Crippen LogP contribution in [0.1, 0.15) is 5.56 Å². The summed E-state index contributed by atoms with van der Waals surface area (Å²) in [5.41, 5.74) is 6.99. The molecular formula is C9H13F2N3. The third-order valence-electron chi connectivity index (χ3n) is 1.81. The van der Waals surface area contributed by atoms with Crippen LogP contribution in [0.5, 0.6) is 0 Å². The Labute approximate surface area is 81.5 Å². The van der Waals surface area contributed by atoms with Crippen molar-refractivity contribution in [2.24, 2.45) is 0 Å². The summed E-state index contributed by atoms with van der Waals surface area (Å²) < 4.78 is 24.1. The lowest BCUT2D eigenvalue weighted by atomic mass is 10.3. The van der Waals surface area contributed by atoms with Gasteiger partial charge in [0.15, 0.2) is 5.82 Å². The van der Waals surface area contributed by atoms with E-state index in [1.165, 1.54) is 4.90 Å². The van der Waals surface area contributed by atoms with Crippen molar-refractivity contribution in [3.8, 4) is 0 Å². The van der Waals surface area contributed by atoms with Gasteiger partial charge in [0.05, 0.1) is 12.2 Å². The molecule has 1 heterocycles. The minimum absolute atomic E-state index is 0.361. The van der Waals surface area contributed by atoms with E-state index < -0.39 is 6.43 Å². The number of hydrogen-bond donors (Lipinski definition) is 1. The first-order valence-corrected chi connectivity index (χ1v) is 4.22. The van der Waals surface area contributed by atoms with Gasteiger partial charge in [-0.2, -0.15) is 0 Å². The van der Waals surface area contributed by atoms with Gasteiger partial charge in [-0.25, -0.2) is 13.8 Å². The van der Waals surface area contributed by atoms with Crippen molar-refractivity contribution >= 4 is 11.5 Å². The summed E-state index contributed by atoms with van der Waals surface area (Å²) in [7, 11) is 1.54. The van der Waals surface area contributed by atoms with Crippen LogP contribution < -0.4 is 10.6 Å². The predicted octanol–water partition coefficient (Wildman–Crippen LogP) is 1.67. The Bertz CT molecular complexity index is 315. The van der Waals surface area contributed by atoms with Gasteiger partial charge in [0.2, 0.25) is 0 Å². The molecule has 1 aromatic rings. The molecule has 0 radical (unpaired) electrons. The van der Waals surface area contributed by atoms with Gasteiger partial charge in [0, 0.05) is 13.2 Å². The highest BCUT2D eigenvalue weighted by molar-refractivity contribution is 5.62. The maximum atomic E-state index is 12.1. The molecule has 0 spiro atoms. The zero-order valence-electron chi connectivity index (χ0n) is 8.17. The molecule has 0 unspecified atom stereocenters. The molecule has 0 saturated carbocycles. The molecule has 0 fully saturated rings. The zero-order valence-corrected chi connectivity index (χ0v) is 8.17. The van der Waals surface area contributed by atoms with Gasteiger partial charge in [-0.3, -0.25) is 0 Å². The molecule has 0 aromatic carbocycles. The number of nitrogen functional groups attached to an aromatic ring is 1. The highest BCUT2D eigenvalue weighted by atomic mass is 19.3. The standard InChI is InChI=1S/C9H13F2N3/c1-6-3-7(12)9(13-4-6)14(2)5-8(10)11/h3-4,8H,5,12H2,1-2H3. The summed E-state index contributed by atoms with van der Waals surface area (Å²) in [5.74, 6) is 0.399. The minimum atomic E-state index is -2.39. The first-order chi connectivity index (χ1) is 6.50. The third-order valence-corrected chi connectivity index (χ3v) is 1.81. The maximum Gasteiger partial charge on any atom is 0.255 e. The molecule has 1 rings (SSSR count). The molecule has 0 amide bonds. The monoisotopic (exact) mass is 201 g/mol. The van der Waals surface area contributed by atoms with Crippen LogP contribution in [0.2, 0.25) is 0 Å². The third kappa shape index (κ3) is 2.55. The Morgan fingerprint density at radius 1 is 1.57 bits per heavy atom. The van der Waals surface area contributed by atoms with E-state index in [2.05, 4.69) is 4.98 Å². The molecular weight excluding hydrogens is 188 g/mol. The van der Waals surface area contributed by atoms with Gasteiger partial charge in [-0.15, -0.1) is 0 Å². The average molecular weight is 201 g/mol. The highest BCUT2D eigenvalue weighted by Gasteiger charge is 2.11. The van der Waals surface area contributed by atoms with E-state index in [9.17, 15) is 8.78 Å². The summed E-state index contributed by atoms with van der Waals surface area (Å²) in [6.07, 6.45) is -0.782. The van der Waals surface area contributed by atoms with E-state index in [0.717, 1.165) is 5.56 Å². The number of rotatable bonds is 3. The van der Waals surface area contributed by atoms with Gasteiger partial charge >= 0.3 is 0 Å². The van der Waals surface area contributed by atoms with Crippen LogP contribution in [0.15, 0.2) is 12.3 Å². The molecule has 5 heteroatoms. The first kappa shape index (κ1) is 10.7. The van der Waals surface area contributed by atoms with Gasteiger partial charge in [-0.1, -0.05) is 0 Å². The second kappa shape index (κ2) is 4.21. The Morgan fingerprint density at radius 2 is 2.21 bits per heavy atom. The van der Waals surface area contributed by atoms with Gasteiger partial charge in [-0.05, 0) is 18.6 Å². The van der Waals surface area contributed by atoms with Gasteiger partial charge in [0.25, 0.3) is 6.43 Å². The number of halogens is 2. The smallest absolute Gasteiger partial charge is 0.255 e. The second-order valence-electron chi connectivity index (χ2n) is 3.20. The van der Waals surface area contributed by atoms with Crippen LogP contribution in [0.3, 0.4) is 0 Å². The second-order valence-corrected chi connectivity index (χ2v) is 3.20. The van der Waals surface area contributed by atoms with Crippen LogP contribution in [-0.2, 0) is 0 Å². The number of alkyl halides is 2. The quantitative estimate of drug-likeness (QED) is 0.808. The topological polar surface area (TPSA) is 42.2 Å².